The Morgan fingerprint density at radius 1 is 1.30 bits per heavy atom. The van der Waals surface area contributed by atoms with Gasteiger partial charge in [-0.3, -0.25) is 4.79 Å². The van der Waals surface area contributed by atoms with Gasteiger partial charge in [-0.15, -0.1) is 0 Å². The fourth-order valence-corrected chi connectivity index (χ4v) is 3.66. The molecule has 0 aromatic heterocycles. The van der Waals surface area contributed by atoms with E-state index in [0.29, 0.717) is 36.8 Å². The van der Waals surface area contributed by atoms with Gasteiger partial charge in [0.25, 0.3) is 0 Å². The van der Waals surface area contributed by atoms with Crippen LogP contribution in [0.25, 0.3) is 0 Å². The van der Waals surface area contributed by atoms with E-state index in [9.17, 15) is 13.6 Å². The maximum atomic E-state index is 13.9. The summed E-state index contributed by atoms with van der Waals surface area (Å²) in [6.07, 6.45) is 2.05. The first-order valence-electron chi connectivity index (χ1n) is 6.55. The number of rotatable bonds is 2. The van der Waals surface area contributed by atoms with Crippen molar-refractivity contribution in [2.24, 2.45) is 11.3 Å². The molecule has 1 unspecified atom stereocenters. The maximum Gasteiger partial charge on any atom is 0.307 e. The van der Waals surface area contributed by atoms with Gasteiger partial charge in [-0.1, -0.05) is 15.9 Å². The van der Waals surface area contributed by atoms with E-state index >= 15 is 0 Å². The number of carboxylic acid groups (broad SMARTS) is 1. The van der Waals surface area contributed by atoms with Crippen molar-refractivity contribution < 1.29 is 18.7 Å². The molecule has 1 aliphatic carbocycles. The van der Waals surface area contributed by atoms with Gasteiger partial charge >= 0.3 is 5.97 Å². The molecule has 1 aromatic rings. The van der Waals surface area contributed by atoms with E-state index in [-0.39, 0.29) is 17.0 Å². The molecule has 3 rings (SSSR count). The Labute approximate surface area is 123 Å². The quantitative estimate of drug-likeness (QED) is 0.892. The number of hydrogen-bond acceptors (Lipinski definition) is 2. The number of hydrogen-bond donors (Lipinski definition) is 1. The zero-order chi connectivity index (χ0) is 14.5. The predicted octanol–water partition coefficient (Wildman–Crippen LogP) is 3.42. The van der Waals surface area contributed by atoms with Crippen molar-refractivity contribution in [1.29, 1.82) is 0 Å². The Morgan fingerprint density at radius 2 is 1.85 bits per heavy atom. The van der Waals surface area contributed by atoms with Gasteiger partial charge < -0.3 is 10.0 Å². The maximum absolute atomic E-state index is 13.9. The molecule has 1 atom stereocenters. The van der Waals surface area contributed by atoms with Crippen LogP contribution in [-0.4, -0.2) is 24.2 Å². The van der Waals surface area contributed by atoms with Crippen molar-refractivity contribution in [3.8, 4) is 0 Å². The lowest BCUT2D eigenvalue weighted by molar-refractivity contribution is -0.139. The van der Waals surface area contributed by atoms with Crippen molar-refractivity contribution in [2.45, 2.75) is 19.3 Å². The molecule has 108 valence electrons. The third-order valence-electron chi connectivity index (χ3n) is 4.54. The molecule has 0 bridgehead atoms. The minimum Gasteiger partial charge on any atom is -0.481 e. The van der Waals surface area contributed by atoms with Crippen LogP contribution in [0, 0.1) is 23.0 Å². The van der Waals surface area contributed by atoms with Crippen molar-refractivity contribution in [3.63, 3.8) is 0 Å². The van der Waals surface area contributed by atoms with E-state index in [2.05, 4.69) is 15.9 Å². The van der Waals surface area contributed by atoms with Gasteiger partial charge in [0.2, 0.25) is 0 Å². The number of nitrogens with zero attached hydrogens (tertiary/aromatic N) is 1. The molecule has 1 aromatic carbocycles. The lowest BCUT2D eigenvalue weighted by Crippen LogP contribution is -2.36. The lowest BCUT2D eigenvalue weighted by atomic mass is 9.90. The van der Waals surface area contributed by atoms with Gasteiger partial charge in [-0.25, -0.2) is 8.78 Å². The summed E-state index contributed by atoms with van der Waals surface area (Å²) in [6.45, 7) is 0.999. The van der Waals surface area contributed by atoms with Gasteiger partial charge in [-0.2, -0.15) is 0 Å². The predicted molar refractivity (Wildman–Crippen MR) is 73.7 cm³/mol. The first-order chi connectivity index (χ1) is 9.43. The van der Waals surface area contributed by atoms with E-state index < -0.39 is 17.6 Å². The Bertz CT molecular complexity index is 547. The second kappa shape index (κ2) is 4.69. The molecule has 1 aliphatic heterocycles. The highest BCUT2D eigenvalue weighted by atomic mass is 79.9. The lowest BCUT2D eigenvalue weighted by Gasteiger charge is -2.34. The molecule has 0 amide bonds. The normalized spacial score (nSPS) is 23.9. The Morgan fingerprint density at radius 3 is 2.30 bits per heavy atom. The van der Waals surface area contributed by atoms with Crippen LogP contribution < -0.4 is 4.90 Å². The van der Waals surface area contributed by atoms with Crippen LogP contribution in [0.1, 0.15) is 19.3 Å². The van der Waals surface area contributed by atoms with Crippen molar-refractivity contribution in [1.82, 2.24) is 0 Å². The number of piperidine rings is 1. The molecule has 1 N–H and O–H groups in total. The average molecular weight is 346 g/mol. The molecule has 1 saturated carbocycles. The van der Waals surface area contributed by atoms with Crippen LogP contribution in [0.3, 0.4) is 0 Å². The fourth-order valence-electron chi connectivity index (χ4n) is 3.26. The van der Waals surface area contributed by atoms with Crippen LogP contribution in [0.5, 0.6) is 0 Å². The molecule has 0 radical (unpaired) electrons. The molecule has 20 heavy (non-hydrogen) atoms. The zero-order valence-corrected chi connectivity index (χ0v) is 12.3. The van der Waals surface area contributed by atoms with E-state index in [1.165, 1.54) is 12.1 Å². The molecular formula is C14H14BrF2NO2. The van der Waals surface area contributed by atoms with Gasteiger partial charge in [0.15, 0.2) is 11.6 Å². The average Bonchev–Trinajstić information content (AvgIpc) is 3.05. The number of carbonyl (C=O) groups is 1. The summed E-state index contributed by atoms with van der Waals surface area (Å²) in [5.74, 6) is -2.19. The molecular weight excluding hydrogens is 332 g/mol. The van der Waals surface area contributed by atoms with Crippen LogP contribution in [0.15, 0.2) is 16.6 Å². The minimum absolute atomic E-state index is 0.00410. The van der Waals surface area contributed by atoms with Gasteiger partial charge in [0, 0.05) is 17.6 Å². The van der Waals surface area contributed by atoms with Crippen LogP contribution in [0.4, 0.5) is 14.5 Å². The van der Waals surface area contributed by atoms with Crippen molar-refractivity contribution in [3.05, 3.63) is 28.2 Å². The molecule has 1 spiro atoms. The first-order valence-corrected chi connectivity index (χ1v) is 7.34. The second-order valence-electron chi connectivity index (χ2n) is 5.66. The smallest absolute Gasteiger partial charge is 0.307 e. The monoisotopic (exact) mass is 345 g/mol. The largest absolute Gasteiger partial charge is 0.481 e. The van der Waals surface area contributed by atoms with E-state index in [0.717, 1.165) is 0 Å². The topological polar surface area (TPSA) is 40.5 Å². The molecule has 6 heteroatoms. The number of halogens is 3. The van der Waals surface area contributed by atoms with Crippen LogP contribution in [0.2, 0.25) is 0 Å². The summed E-state index contributed by atoms with van der Waals surface area (Å²) in [6, 6.07) is 2.50. The van der Waals surface area contributed by atoms with Crippen molar-refractivity contribution in [2.75, 3.05) is 18.0 Å². The minimum atomic E-state index is -0.751. The van der Waals surface area contributed by atoms with Crippen LogP contribution in [-0.2, 0) is 4.79 Å². The summed E-state index contributed by atoms with van der Waals surface area (Å²) in [7, 11) is 0. The summed E-state index contributed by atoms with van der Waals surface area (Å²) in [5.41, 5.74) is -0.138. The molecule has 1 saturated heterocycles. The van der Waals surface area contributed by atoms with Crippen LogP contribution >= 0.6 is 15.9 Å². The summed E-state index contributed by atoms with van der Waals surface area (Å²) in [5, 5.41) is 9.03. The standard InChI is InChI=1S/C14H14BrF2NO2/c15-8-5-10(16)12(11(17)6-8)18-3-1-14(2-4-18)7-9(14)13(19)20/h5-6,9H,1-4,7H2,(H,19,20). The number of aliphatic carboxylic acids is 1. The van der Waals surface area contributed by atoms with Crippen molar-refractivity contribution >= 4 is 27.6 Å². The van der Waals surface area contributed by atoms with Gasteiger partial charge in [0.05, 0.1) is 5.92 Å². The molecule has 2 fully saturated rings. The summed E-state index contributed by atoms with van der Waals surface area (Å²) in [4.78, 5) is 12.7. The highest BCUT2D eigenvalue weighted by molar-refractivity contribution is 9.10. The number of carboxylic acids is 1. The number of anilines is 1. The summed E-state index contributed by atoms with van der Waals surface area (Å²) >= 11 is 3.06. The molecule has 2 aliphatic rings. The fraction of sp³-hybridized carbons (Fsp3) is 0.500. The van der Waals surface area contributed by atoms with E-state index in [1.807, 2.05) is 0 Å². The van der Waals surface area contributed by atoms with Gasteiger partial charge in [0.1, 0.15) is 5.69 Å². The Hall–Kier alpha value is -1.17. The SMILES string of the molecule is O=C(O)C1CC12CCN(c1c(F)cc(Br)cc1F)CC2. The Balaban J connectivity index is 1.75. The highest BCUT2D eigenvalue weighted by Gasteiger charge is 2.58. The Kier molecular flexibility index (Phi) is 3.23. The molecule has 1 heterocycles. The van der Waals surface area contributed by atoms with Gasteiger partial charge in [-0.05, 0) is 36.8 Å². The third kappa shape index (κ3) is 2.20. The molecule has 3 nitrogen and oxygen atoms in total. The van der Waals surface area contributed by atoms with E-state index in [4.69, 9.17) is 5.11 Å². The number of benzene rings is 1. The highest BCUT2D eigenvalue weighted by Crippen LogP contribution is 2.59. The zero-order valence-electron chi connectivity index (χ0n) is 10.7. The summed E-state index contributed by atoms with van der Waals surface area (Å²) < 4.78 is 28.2. The second-order valence-corrected chi connectivity index (χ2v) is 6.58. The first kappa shape index (κ1) is 13.8. The third-order valence-corrected chi connectivity index (χ3v) is 5.00. The van der Waals surface area contributed by atoms with E-state index in [1.54, 1.807) is 4.90 Å².